The van der Waals surface area contributed by atoms with Crippen molar-refractivity contribution in [3.05, 3.63) is 0 Å². The zero-order valence-electron chi connectivity index (χ0n) is 12.3. The third kappa shape index (κ3) is 4.27. The van der Waals surface area contributed by atoms with E-state index in [1.807, 2.05) is 0 Å². The lowest BCUT2D eigenvalue weighted by molar-refractivity contribution is -0.132. The van der Waals surface area contributed by atoms with Crippen molar-refractivity contribution < 1.29 is 13.2 Å². The number of hydrogen-bond acceptors (Lipinski definition) is 5. The summed E-state index contributed by atoms with van der Waals surface area (Å²) >= 11 is 0. The normalized spacial score (nSPS) is 22.5. The summed E-state index contributed by atoms with van der Waals surface area (Å²) in [4.78, 5) is 13.9. The van der Waals surface area contributed by atoms with Crippen molar-refractivity contribution in [1.82, 2.24) is 4.90 Å². The zero-order valence-corrected chi connectivity index (χ0v) is 13.1. The molecule has 0 spiro atoms. The summed E-state index contributed by atoms with van der Waals surface area (Å²) in [5.41, 5.74) is -0.432. The fourth-order valence-electron chi connectivity index (χ4n) is 2.62. The highest BCUT2D eigenvalue weighted by molar-refractivity contribution is 7.91. The first-order valence-corrected chi connectivity index (χ1v) is 9.03. The number of carbonyl (C=O) groups is 1. The molecular formula is C14H21N3O3S. The first-order valence-electron chi connectivity index (χ1n) is 7.21. The van der Waals surface area contributed by atoms with E-state index in [9.17, 15) is 13.2 Å². The topological polar surface area (TPSA) is 79.2 Å². The molecule has 0 aromatic carbocycles. The minimum atomic E-state index is -2.90. The predicted octanol–water partition coefficient (Wildman–Crippen LogP) is 1.38. The van der Waals surface area contributed by atoms with Crippen LogP contribution in [0, 0.1) is 12.3 Å². The third-order valence-corrected chi connectivity index (χ3v) is 5.97. The molecule has 0 aliphatic carbocycles. The van der Waals surface area contributed by atoms with Gasteiger partial charge < -0.3 is 4.90 Å². The van der Waals surface area contributed by atoms with Crippen LogP contribution in [0.2, 0.25) is 0 Å². The van der Waals surface area contributed by atoms with Gasteiger partial charge in [0.2, 0.25) is 5.91 Å². The molecule has 2 heterocycles. The molecule has 21 heavy (non-hydrogen) atoms. The molecule has 0 aromatic heterocycles. The summed E-state index contributed by atoms with van der Waals surface area (Å²) in [5, 5.41) is 8.03. The molecule has 1 amide bonds. The van der Waals surface area contributed by atoms with Gasteiger partial charge >= 0.3 is 0 Å². The smallest absolute Gasteiger partial charge is 0.222 e. The van der Waals surface area contributed by atoms with Gasteiger partial charge in [-0.15, -0.1) is 12.3 Å². The molecule has 2 rings (SSSR count). The molecule has 0 unspecified atom stereocenters. The molecule has 1 fully saturated rings. The highest BCUT2D eigenvalue weighted by Crippen LogP contribution is 2.37. The second-order valence-electron chi connectivity index (χ2n) is 5.77. The van der Waals surface area contributed by atoms with Crippen LogP contribution in [0.25, 0.3) is 0 Å². The van der Waals surface area contributed by atoms with Crippen LogP contribution >= 0.6 is 0 Å². The van der Waals surface area contributed by atoms with Gasteiger partial charge in [0.05, 0.1) is 11.5 Å². The Morgan fingerprint density at radius 3 is 2.48 bits per heavy atom. The third-order valence-electron chi connectivity index (χ3n) is 4.26. The Morgan fingerprint density at radius 1 is 1.33 bits per heavy atom. The molecule has 0 N–H and O–H groups in total. The number of hydrogen-bond donors (Lipinski definition) is 0. The lowest BCUT2D eigenvalue weighted by Gasteiger charge is -2.31. The Balaban J connectivity index is 1.77. The van der Waals surface area contributed by atoms with Crippen LogP contribution in [-0.2, 0) is 14.6 Å². The van der Waals surface area contributed by atoms with E-state index in [4.69, 9.17) is 6.42 Å². The fourth-order valence-corrected chi connectivity index (χ4v) is 4.09. The molecule has 0 radical (unpaired) electrons. The van der Waals surface area contributed by atoms with Crippen molar-refractivity contribution in [2.75, 3.05) is 18.6 Å². The number of rotatable bonds is 6. The minimum absolute atomic E-state index is 0.0239. The van der Waals surface area contributed by atoms with E-state index in [0.29, 0.717) is 38.5 Å². The first-order chi connectivity index (χ1) is 9.87. The van der Waals surface area contributed by atoms with Crippen LogP contribution in [0.4, 0.5) is 0 Å². The van der Waals surface area contributed by atoms with E-state index in [1.165, 1.54) is 0 Å². The van der Waals surface area contributed by atoms with Crippen molar-refractivity contribution in [1.29, 1.82) is 0 Å². The average Bonchev–Trinajstić information content (AvgIpc) is 3.22. The second kappa shape index (κ2) is 6.14. The van der Waals surface area contributed by atoms with Crippen molar-refractivity contribution in [3.8, 4) is 12.3 Å². The van der Waals surface area contributed by atoms with Crippen LogP contribution in [0.1, 0.15) is 38.5 Å². The van der Waals surface area contributed by atoms with Gasteiger partial charge in [0.15, 0.2) is 5.66 Å². The van der Waals surface area contributed by atoms with Crippen molar-refractivity contribution in [2.45, 2.75) is 50.2 Å². The molecule has 1 saturated heterocycles. The van der Waals surface area contributed by atoms with E-state index in [0.717, 1.165) is 0 Å². The molecule has 2 aliphatic rings. The van der Waals surface area contributed by atoms with Crippen molar-refractivity contribution >= 4 is 15.7 Å². The molecule has 6 nitrogen and oxygen atoms in total. The number of carbonyl (C=O) groups excluding carboxylic acids is 1. The number of sulfone groups is 1. The molecule has 0 saturated carbocycles. The Kier molecular flexibility index (Phi) is 4.67. The Morgan fingerprint density at radius 2 is 1.95 bits per heavy atom. The number of terminal acetylenes is 1. The molecular weight excluding hydrogens is 290 g/mol. The van der Waals surface area contributed by atoms with Gasteiger partial charge in [-0.3, -0.25) is 4.79 Å². The number of nitrogens with zero attached hydrogens (tertiary/aromatic N) is 3. The van der Waals surface area contributed by atoms with Gasteiger partial charge in [-0.2, -0.15) is 10.2 Å². The van der Waals surface area contributed by atoms with Crippen LogP contribution in [0.15, 0.2) is 10.2 Å². The lowest BCUT2D eigenvalue weighted by atomic mass is 10.0. The summed E-state index contributed by atoms with van der Waals surface area (Å²) in [5.74, 6) is 2.93. The first kappa shape index (κ1) is 16.0. The second-order valence-corrected chi connectivity index (χ2v) is 8.08. The predicted molar refractivity (Wildman–Crippen MR) is 79.3 cm³/mol. The summed E-state index contributed by atoms with van der Waals surface area (Å²) in [7, 11) is -1.15. The molecule has 2 aliphatic heterocycles. The van der Waals surface area contributed by atoms with Crippen LogP contribution < -0.4 is 0 Å². The van der Waals surface area contributed by atoms with Gasteiger partial charge in [0.1, 0.15) is 9.84 Å². The molecule has 0 atom stereocenters. The SMILES string of the molecule is C#CCCC1(CCC(=O)N(C)C2CCS(=O)(=O)CC2)N=N1. The zero-order chi connectivity index (χ0) is 15.5. The van der Waals surface area contributed by atoms with Gasteiger partial charge in [0.25, 0.3) is 0 Å². The minimum Gasteiger partial charge on any atom is -0.343 e. The van der Waals surface area contributed by atoms with Crippen LogP contribution in [0.5, 0.6) is 0 Å². The van der Waals surface area contributed by atoms with E-state index in [1.54, 1.807) is 11.9 Å². The highest BCUT2D eigenvalue weighted by Gasteiger charge is 2.40. The average molecular weight is 311 g/mol. The van der Waals surface area contributed by atoms with Gasteiger partial charge in [-0.25, -0.2) is 8.42 Å². The largest absolute Gasteiger partial charge is 0.343 e. The van der Waals surface area contributed by atoms with E-state index < -0.39 is 15.5 Å². The fraction of sp³-hybridized carbons (Fsp3) is 0.786. The maximum Gasteiger partial charge on any atom is 0.222 e. The summed E-state index contributed by atoms with van der Waals surface area (Å²) in [6, 6.07) is 0.0239. The van der Waals surface area contributed by atoms with Crippen molar-refractivity contribution in [2.24, 2.45) is 10.2 Å². The standard InChI is InChI=1S/C14H21N3O3S/c1-3-4-8-14(15-16-14)9-5-13(18)17(2)12-6-10-21(19,20)11-7-12/h1,12H,4-11H2,2H3. The van der Waals surface area contributed by atoms with E-state index in [2.05, 4.69) is 16.1 Å². The molecule has 7 heteroatoms. The highest BCUT2D eigenvalue weighted by atomic mass is 32.2. The quantitative estimate of drug-likeness (QED) is 0.695. The van der Waals surface area contributed by atoms with Crippen molar-refractivity contribution in [3.63, 3.8) is 0 Å². The maximum absolute atomic E-state index is 12.2. The van der Waals surface area contributed by atoms with E-state index >= 15 is 0 Å². The van der Waals surface area contributed by atoms with Gasteiger partial charge in [0, 0.05) is 38.8 Å². The number of amides is 1. The molecule has 0 aromatic rings. The van der Waals surface area contributed by atoms with Crippen LogP contribution in [-0.4, -0.2) is 49.5 Å². The Labute approximate surface area is 125 Å². The maximum atomic E-state index is 12.2. The Hall–Kier alpha value is -1.42. The van der Waals surface area contributed by atoms with Gasteiger partial charge in [-0.1, -0.05) is 0 Å². The summed E-state index contributed by atoms with van der Waals surface area (Å²) in [6.07, 6.45) is 8.55. The molecule has 0 bridgehead atoms. The Bertz CT molecular complexity index is 557. The summed E-state index contributed by atoms with van der Waals surface area (Å²) < 4.78 is 22.8. The summed E-state index contributed by atoms with van der Waals surface area (Å²) in [6.45, 7) is 0. The van der Waals surface area contributed by atoms with Crippen LogP contribution in [0.3, 0.4) is 0 Å². The van der Waals surface area contributed by atoms with Gasteiger partial charge in [-0.05, 0) is 12.8 Å². The monoisotopic (exact) mass is 311 g/mol. The van der Waals surface area contributed by atoms with E-state index in [-0.39, 0.29) is 23.5 Å². The lowest BCUT2D eigenvalue weighted by Crippen LogP contribution is -2.42. The molecule has 116 valence electrons.